The van der Waals surface area contributed by atoms with Gasteiger partial charge in [0.1, 0.15) is 11.6 Å². The highest BCUT2D eigenvalue weighted by molar-refractivity contribution is 8.00. The zero-order valence-corrected chi connectivity index (χ0v) is 19.7. The van der Waals surface area contributed by atoms with Crippen molar-refractivity contribution in [3.63, 3.8) is 0 Å². The monoisotopic (exact) mass is 480 g/mol. The van der Waals surface area contributed by atoms with Crippen molar-refractivity contribution in [2.75, 3.05) is 11.1 Å². The van der Waals surface area contributed by atoms with Crippen LogP contribution >= 0.6 is 11.8 Å². The molecule has 0 radical (unpaired) electrons. The number of hydrogen-bond donors (Lipinski definition) is 2. The van der Waals surface area contributed by atoms with Crippen LogP contribution in [0.1, 0.15) is 16.7 Å². The molecular formula is C29H24N2O3S. The molecule has 0 spiro atoms. The maximum absolute atomic E-state index is 12.3. The molecule has 0 fully saturated rings. The molecule has 0 bridgehead atoms. The van der Waals surface area contributed by atoms with Crippen LogP contribution in [-0.4, -0.2) is 27.9 Å². The predicted molar refractivity (Wildman–Crippen MR) is 141 cm³/mol. The van der Waals surface area contributed by atoms with Crippen molar-refractivity contribution in [3.05, 3.63) is 132 Å². The number of fused-ring (bicyclic) bond motifs is 1. The summed E-state index contributed by atoms with van der Waals surface area (Å²) in [6.45, 7) is 0. The Balaban J connectivity index is 1.54. The van der Waals surface area contributed by atoms with Crippen molar-refractivity contribution in [2.24, 2.45) is 0 Å². The molecule has 1 aromatic heterocycles. The molecule has 5 rings (SSSR count). The second-order valence-corrected chi connectivity index (χ2v) is 9.35. The van der Waals surface area contributed by atoms with Gasteiger partial charge in [-0.05, 0) is 28.8 Å². The summed E-state index contributed by atoms with van der Waals surface area (Å²) in [4.78, 5) is 16.7. The van der Waals surface area contributed by atoms with Crippen molar-refractivity contribution >= 4 is 34.8 Å². The lowest BCUT2D eigenvalue weighted by Crippen LogP contribution is -2.35. The Morgan fingerprint density at radius 2 is 1.29 bits per heavy atom. The number of para-hydroxylation sites is 2. The van der Waals surface area contributed by atoms with Crippen LogP contribution in [0.25, 0.3) is 11.1 Å². The summed E-state index contributed by atoms with van der Waals surface area (Å²) in [5.41, 5.74) is 4.52. The van der Waals surface area contributed by atoms with Gasteiger partial charge in [0.15, 0.2) is 5.58 Å². The van der Waals surface area contributed by atoms with E-state index in [0.717, 1.165) is 16.7 Å². The van der Waals surface area contributed by atoms with Gasteiger partial charge in [-0.2, -0.15) is 4.98 Å². The van der Waals surface area contributed by atoms with Crippen molar-refractivity contribution in [2.45, 2.75) is 10.8 Å². The number of benzene rings is 4. The fraction of sp³-hybridized carbons (Fsp3) is 0.103. The highest BCUT2D eigenvalue weighted by Crippen LogP contribution is 2.48. The number of anilines is 1. The number of nitrogens with zero attached hydrogens (tertiary/aromatic N) is 1. The third-order valence-electron chi connectivity index (χ3n) is 5.90. The number of thioether (sulfide) groups is 1. The molecule has 0 aliphatic heterocycles. The smallest absolute Gasteiger partial charge is 0.327 e. The number of oxazole rings is 1. The summed E-state index contributed by atoms with van der Waals surface area (Å²) >= 11 is 1.58. The van der Waals surface area contributed by atoms with Gasteiger partial charge in [-0.1, -0.05) is 103 Å². The van der Waals surface area contributed by atoms with Gasteiger partial charge in [-0.15, -0.1) is 11.8 Å². The first-order valence-electron chi connectivity index (χ1n) is 11.3. The van der Waals surface area contributed by atoms with Crippen molar-refractivity contribution in [3.8, 4) is 0 Å². The summed E-state index contributed by atoms with van der Waals surface area (Å²) in [6.07, 6.45) is 0. The first-order valence-corrected chi connectivity index (χ1v) is 12.3. The number of hydrogen-bond acceptors (Lipinski definition) is 5. The number of aliphatic carboxylic acids is 1. The van der Waals surface area contributed by atoms with E-state index in [2.05, 4.69) is 46.7 Å². The van der Waals surface area contributed by atoms with E-state index >= 15 is 0 Å². The quantitative estimate of drug-likeness (QED) is 0.237. The van der Waals surface area contributed by atoms with Gasteiger partial charge < -0.3 is 14.8 Å². The standard InChI is InChI=1S/C29H24N2O3S/c32-27(33)25(31-28-30-24-18-10-11-19-26(24)34-28)20-35-29(21-12-4-1-5-13-21,22-14-6-2-7-15-22)23-16-8-3-9-17-23/h1-19,25H,20H2,(H,30,31)(H,32,33). The molecule has 6 heteroatoms. The number of carboxylic acids is 1. The van der Waals surface area contributed by atoms with Crippen LogP contribution in [-0.2, 0) is 9.54 Å². The molecule has 2 N–H and O–H groups in total. The maximum Gasteiger partial charge on any atom is 0.327 e. The Morgan fingerprint density at radius 1 is 0.800 bits per heavy atom. The van der Waals surface area contributed by atoms with Crippen LogP contribution < -0.4 is 5.32 Å². The van der Waals surface area contributed by atoms with Gasteiger partial charge in [-0.3, -0.25) is 0 Å². The number of aromatic nitrogens is 1. The summed E-state index contributed by atoms with van der Waals surface area (Å²) in [5, 5.41) is 13.1. The molecule has 1 unspecified atom stereocenters. The van der Waals surface area contributed by atoms with Crippen LogP contribution in [0.4, 0.5) is 6.01 Å². The Bertz CT molecular complexity index is 1280. The van der Waals surface area contributed by atoms with Crippen LogP contribution in [0.3, 0.4) is 0 Å². The molecule has 1 heterocycles. The van der Waals surface area contributed by atoms with Crippen LogP contribution in [0, 0.1) is 0 Å². The topological polar surface area (TPSA) is 75.4 Å². The molecule has 0 saturated heterocycles. The second kappa shape index (κ2) is 10.1. The lowest BCUT2D eigenvalue weighted by Gasteiger charge is -2.36. The third-order valence-corrected chi connectivity index (χ3v) is 7.54. The van der Waals surface area contributed by atoms with Crippen molar-refractivity contribution < 1.29 is 14.3 Å². The molecule has 1 atom stereocenters. The van der Waals surface area contributed by atoms with Crippen molar-refractivity contribution in [1.82, 2.24) is 4.98 Å². The van der Waals surface area contributed by atoms with Gasteiger partial charge in [0.05, 0.1) is 4.75 Å². The fourth-order valence-electron chi connectivity index (χ4n) is 4.23. The largest absolute Gasteiger partial charge is 0.480 e. The maximum atomic E-state index is 12.3. The normalized spacial score (nSPS) is 12.3. The zero-order chi connectivity index (χ0) is 24.1. The van der Waals surface area contributed by atoms with Crippen molar-refractivity contribution in [1.29, 1.82) is 0 Å². The van der Waals surface area contributed by atoms with E-state index in [4.69, 9.17) is 4.42 Å². The minimum Gasteiger partial charge on any atom is -0.480 e. The molecule has 35 heavy (non-hydrogen) atoms. The highest BCUT2D eigenvalue weighted by Gasteiger charge is 2.38. The SMILES string of the molecule is O=C(O)C(CSC(c1ccccc1)(c1ccccc1)c1ccccc1)Nc1nc2ccccc2o1. The number of rotatable bonds is 9. The van der Waals surface area contributed by atoms with Crippen LogP contribution in [0.5, 0.6) is 0 Å². The van der Waals surface area contributed by atoms with E-state index in [1.807, 2.05) is 78.9 Å². The van der Waals surface area contributed by atoms with E-state index in [1.54, 1.807) is 11.8 Å². The highest BCUT2D eigenvalue weighted by atomic mass is 32.2. The Labute approximate surface area is 207 Å². The molecule has 0 aliphatic rings. The lowest BCUT2D eigenvalue weighted by molar-refractivity contribution is -0.137. The molecule has 0 saturated carbocycles. The Hall–Kier alpha value is -4.03. The average Bonchev–Trinajstić information content (AvgIpc) is 3.33. The average molecular weight is 481 g/mol. The van der Waals surface area contributed by atoms with E-state index < -0.39 is 16.8 Å². The van der Waals surface area contributed by atoms with E-state index in [1.165, 1.54) is 0 Å². The first-order chi connectivity index (χ1) is 17.2. The summed E-state index contributed by atoms with van der Waals surface area (Å²) in [7, 11) is 0. The van der Waals surface area contributed by atoms with Gasteiger partial charge in [0, 0.05) is 5.75 Å². The van der Waals surface area contributed by atoms with E-state index in [9.17, 15) is 9.90 Å². The summed E-state index contributed by atoms with van der Waals surface area (Å²) < 4.78 is 5.13. The first kappa shape index (κ1) is 22.7. The Kier molecular flexibility index (Phi) is 6.55. The molecular weight excluding hydrogens is 456 g/mol. The molecule has 174 valence electrons. The summed E-state index contributed by atoms with van der Waals surface area (Å²) in [6, 6.07) is 37.3. The number of carbonyl (C=O) groups is 1. The molecule has 0 amide bonds. The Morgan fingerprint density at radius 3 is 1.77 bits per heavy atom. The van der Waals surface area contributed by atoms with Gasteiger partial charge in [-0.25, -0.2) is 4.79 Å². The van der Waals surface area contributed by atoms with Gasteiger partial charge in [0.2, 0.25) is 0 Å². The lowest BCUT2D eigenvalue weighted by atomic mass is 9.84. The minimum absolute atomic E-state index is 0.198. The van der Waals surface area contributed by atoms with Crippen LogP contribution in [0.15, 0.2) is 120 Å². The molecule has 5 nitrogen and oxygen atoms in total. The number of nitrogens with one attached hydrogen (secondary N) is 1. The minimum atomic E-state index is -0.970. The van der Waals surface area contributed by atoms with E-state index in [-0.39, 0.29) is 11.8 Å². The predicted octanol–water partition coefficient (Wildman–Crippen LogP) is 6.42. The number of carboxylic acid groups (broad SMARTS) is 1. The second-order valence-electron chi connectivity index (χ2n) is 8.11. The van der Waals surface area contributed by atoms with Gasteiger partial charge >= 0.3 is 5.97 Å². The van der Waals surface area contributed by atoms with E-state index in [0.29, 0.717) is 11.1 Å². The third kappa shape index (κ3) is 4.66. The fourth-order valence-corrected chi connectivity index (χ4v) is 5.79. The summed E-state index contributed by atoms with van der Waals surface area (Å²) in [5.74, 6) is -0.699. The van der Waals surface area contributed by atoms with Gasteiger partial charge in [0.25, 0.3) is 6.01 Å². The molecule has 4 aromatic carbocycles. The van der Waals surface area contributed by atoms with Crippen LogP contribution in [0.2, 0.25) is 0 Å². The molecule has 5 aromatic rings. The molecule has 0 aliphatic carbocycles. The zero-order valence-electron chi connectivity index (χ0n) is 18.9.